The lowest BCUT2D eigenvalue weighted by molar-refractivity contribution is 0.234. The molecule has 0 aliphatic carbocycles. The number of thiophene rings is 1. The summed E-state index contributed by atoms with van der Waals surface area (Å²) in [6.45, 7) is 2.37. The number of furan rings is 1. The number of rotatable bonds is 4. The highest BCUT2D eigenvalue weighted by atomic mass is 32.1. The van der Waals surface area contributed by atoms with Crippen molar-refractivity contribution in [2.24, 2.45) is 0 Å². The Hall–Kier alpha value is -2.26. The summed E-state index contributed by atoms with van der Waals surface area (Å²) in [4.78, 5) is 4.99. The number of hydrogen-bond acceptors (Lipinski definition) is 6. The normalized spacial score (nSPS) is 15.4. The van der Waals surface area contributed by atoms with E-state index in [1.807, 2.05) is 29.6 Å². The van der Waals surface area contributed by atoms with Gasteiger partial charge in [-0.1, -0.05) is 6.07 Å². The molecule has 0 unspecified atom stereocenters. The van der Waals surface area contributed by atoms with Crippen LogP contribution in [0.3, 0.4) is 0 Å². The maximum absolute atomic E-state index is 5.48. The number of hydrogen-bond donors (Lipinski definition) is 1. The molecule has 1 N–H and O–H groups in total. The van der Waals surface area contributed by atoms with Gasteiger partial charge in [0.25, 0.3) is 0 Å². The van der Waals surface area contributed by atoms with Gasteiger partial charge in [0.1, 0.15) is 5.76 Å². The third-order valence-corrected chi connectivity index (χ3v) is 5.51. The molecule has 0 amide bonds. The summed E-state index contributed by atoms with van der Waals surface area (Å²) in [6, 6.07) is 8.09. The number of thiocarbonyl (C=S) groups is 1. The van der Waals surface area contributed by atoms with E-state index in [2.05, 4.69) is 25.6 Å². The van der Waals surface area contributed by atoms with Gasteiger partial charge in [-0.25, -0.2) is 0 Å². The molecule has 0 atom stereocenters. The molecule has 25 heavy (non-hydrogen) atoms. The van der Waals surface area contributed by atoms with Crippen molar-refractivity contribution >= 4 is 28.7 Å². The van der Waals surface area contributed by atoms with Gasteiger partial charge in [-0.3, -0.25) is 0 Å². The van der Waals surface area contributed by atoms with E-state index in [9.17, 15) is 0 Å². The smallest absolute Gasteiger partial charge is 0.214 e. The third-order valence-electron chi connectivity index (χ3n) is 4.24. The zero-order valence-electron chi connectivity index (χ0n) is 13.5. The molecular weight excluding hydrogens is 356 g/mol. The molecule has 1 aliphatic heterocycles. The zero-order chi connectivity index (χ0) is 17.1. The van der Waals surface area contributed by atoms with Crippen LogP contribution >= 0.6 is 23.6 Å². The number of piperidine rings is 1. The average Bonchev–Trinajstić information content (AvgIpc) is 3.42. The molecule has 1 aliphatic rings. The maximum Gasteiger partial charge on any atom is 0.214 e. The molecule has 0 aromatic carbocycles. The lowest BCUT2D eigenvalue weighted by atomic mass is 10.1. The summed E-state index contributed by atoms with van der Waals surface area (Å²) < 4.78 is 5.31. The van der Waals surface area contributed by atoms with E-state index < -0.39 is 0 Å². The van der Waals surface area contributed by atoms with Crippen molar-refractivity contribution < 1.29 is 4.42 Å². The molecule has 4 heterocycles. The predicted molar refractivity (Wildman–Crippen MR) is 99.1 cm³/mol. The van der Waals surface area contributed by atoms with E-state index in [1.165, 1.54) is 0 Å². The molecule has 9 heteroatoms. The zero-order valence-corrected chi connectivity index (χ0v) is 15.2. The standard InChI is InChI=1S/C16H18N6OS2/c24-16(17-11-13-3-1-9-23-13)21-7-5-12(6-8-21)22-19-15(18-20-22)14-4-2-10-25-14/h1-4,9-10,12H,5-8,11H2,(H,17,24). The third kappa shape index (κ3) is 3.72. The molecular formula is C16H18N6OS2. The van der Waals surface area contributed by atoms with Crippen LogP contribution < -0.4 is 5.32 Å². The number of nitrogens with one attached hydrogen (secondary N) is 1. The van der Waals surface area contributed by atoms with E-state index in [-0.39, 0.29) is 6.04 Å². The Balaban J connectivity index is 1.30. The maximum atomic E-state index is 5.48. The Morgan fingerprint density at radius 3 is 2.92 bits per heavy atom. The van der Waals surface area contributed by atoms with E-state index in [0.717, 1.165) is 41.7 Å². The summed E-state index contributed by atoms with van der Waals surface area (Å²) in [5, 5.41) is 19.0. The Kier molecular flexibility index (Phi) is 4.75. The van der Waals surface area contributed by atoms with Crippen molar-refractivity contribution in [3.63, 3.8) is 0 Å². The fourth-order valence-corrected chi connectivity index (χ4v) is 3.77. The summed E-state index contributed by atoms with van der Waals surface area (Å²) in [7, 11) is 0. The monoisotopic (exact) mass is 374 g/mol. The van der Waals surface area contributed by atoms with Gasteiger partial charge in [0.05, 0.1) is 23.7 Å². The van der Waals surface area contributed by atoms with Crippen molar-refractivity contribution in [2.75, 3.05) is 13.1 Å². The lowest BCUT2D eigenvalue weighted by Gasteiger charge is -2.33. The van der Waals surface area contributed by atoms with Gasteiger partial charge in [0.15, 0.2) is 5.11 Å². The first-order valence-electron chi connectivity index (χ1n) is 8.18. The highest BCUT2D eigenvalue weighted by molar-refractivity contribution is 7.80. The second-order valence-electron chi connectivity index (χ2n) is 5.87. The first-order valence-corrected chi connectivity index (χ1v) is 9.47. The fourth-order valence-electron chi connectivity index (χ4n) is 2.87. The van der Waals surface area contributed by atoms with Crippen LogP contribution in [0.5, 0.6) is 0 Å². The molecule has 0 spiro atoms. The van der Waals surface area contributed by atoms with E-state index in [1.54, 1.807) is 22.4 Å². The van der Waals surface area contributed by atoms with E-state index in [4.69, 9.17) is 16.6 Å². The van der Waals surface area contributed by atoms with Crippen molar-refractivity contribution in [1.82, 2.24) is 30.4 Å². The number of likely N-dealkylation sites (tertiary alicyclic amines) is 1. The number of aromatic nitrogens is 4. The first kappa shape index (κ1) is 16.2. The average molecular weight is 374 g/mol. The molecule has 130 valence electrons. The van der Waals surface area contributed by atoms with Gasteiger partial charge in [0.2, 0.25) is 5.82 Å². The van der Waals surface area contributed by atoms with Crippen LogP contribution in [0.1, 0.15) is 24.6 Å². The summed E-state index contributed by atoms with van der Waals surface area (Å²) in [6.07, 6.45) is 3.56. The minimum atomic E-state index is 0.269. The molecule has 1 saturated heterocycles. The molecule has 4 rings (SSSR count). The quantitative estimate of drug-likeness (QED) is 0.704. The molecule has 0 radical (unpaired) electrons. The Labute approximate surface area is 154 Å². The summed E-state index contributed by atoms with van der Waals surface area (Å²) in [5.74, 6) is 1.58. The van der Waals surface area contributed by atoms with Gasteiger partial charge in [-0.05, 0) is 53.9 Å². The lowest BCUT2D eigenvalue weighted by Crippen LogP contribution is -2.44. The van der Waals surface area contributed by atoms with Crippen LogP contribution in [0.4, 0.5) is 0 Å². The van der Waals surface area contributed by atoms with Gasteiger partial charge < -0.3 is 14.6 Å². The Morgan fingerprint density at radius 1 is 1.32 bits per heavy atom. The molecule has 1 fully saturated rings. The minimum Gasteiger partial charge on any atom is -0.467 e. The summed E-state index contributed by atoms with van der Waals surface area (Å²) in [5.41, 5.74) is 0. The molecule has 3 aromatic rings. The second kappa shape index (κ2) is 7.32. The Morgan fingerprint density at radius 2 is 2.20 bits per heavy atom. The van der Waals surface area contributed by atoms with Gasteiger partial charge in [0, 0.05) is 13.1 Å². The minimum absolute atomic E-state index is 0.269. The van der Waals surface area contributed by atoms with Gasteiger partial charge >= 0.3 is 0 Å². The highest BCUT2D eigenvalue weighted by Crippen LogP contribution is 2.24. The summed E-state index contributed by atoms with van der Waals surface area (Å²) >= 11 is 7.11. The van der Waals surface area contributed by atoms with Crippen LogP contribution in [0.2, 0.25) is 0 Å². The van der Waals surface area contributed by atoms with E-state index >= 15 is 0 Å². The molecule has 7 nitrogen and oxygen atoms in total. The first-order chi connectivity index (χ1) is 12.3. The van der Waals surface area contributed by atoms with Crippen LogP contribution in [0.15, 0.2) is 40.3 Å². The Bertz CT molecular complexity index is 806. The van der Waals surface area contributed by atoms with Crippen LogP contribution in [-0.4, -0.2) is 43.3 Å². The van der Waals surface area contributed by atoms with Gasteiger partial charge in [-0.15, -0.1) is 21.5 Å². The molecule has 0 saturated carbocycles. The van der Waals surface area contributed by atoms with Crippen LogP contribution in [-0.2, 0) is 6.54 Å². The van der Waals surface area contributed by atoms with Crippen molar-refractivity contribution in [3.8, 4) is 10.7 Å². The predicted octanol–water partition coefficient (Wildman–Crippen LogP) is 2.71. The van der Waals surface area contributed by atoms with Crippen molar-refractivity contribution in [2.45, 2.75) is 25.4 Å². The van der Waals surface area contributed by atoms with Crippen molar-refractivity contribution in [1.29, 1.82) is 0 Å². The van der Waals surface area contributed by atoms with E-state index in [0.29, 0.717) is 12.4 Å². The van der Waals surface area contributed by atoms with Crippen LogP contribution in [0, 0.1) is 0 Å². The van der Waals surface area contributed by atoms with Gasteiger partial charge in [-0.2, -0.15) is 4.80 Å². The number of tetrazole rings is 1. The van der Waals surface area contributed by atoms with Crippen LogP contribution in [0.25, 0.3) is 10.7 Å². The number of nitrogens with zero attached hydrogens (tertiary/aromatic N) is 5. The highest BCUT2D eigenvalue weighted by Gasteiger charge is 2.24. The fraction of sp³-hybridized carbons (Fsp3) is 0.375. The topological polar surface area (TPSA) is 72.0 Å². The second-order valence-corrected chi connectivity index (χ2v) is 7.20. The molecule has 0 bridgehead atoms. The SMILES string of the molecule is S=C(NCc1ccco1)N1CCC(n2nnc(-c3cccs3)n2)CC1. The largest absolute Gasteiger partial charge is 0.467 e. The molecule has 3 aromatic heterocycles. The van der Waals surface area contributed by atoms with Crippen molar-refractivity contribution in [3.05, 3.63) is 41.7 Å².